The fourth-order valence-corrected chi connectivity index (χ4v) is 1.59. The Morgan fingerprint density at radius 2 is 2.26 bits per heavy atom. The highest BCUT2D eigenvalue weighted by Crippen LogP contribution is 2.25. The third kappa shape index (κ3) is 4.30. The zero-order chi connectivity index (χ0) is 14.3. The van der Waals surface area contributed by atoms with E-state index in [0.717, 1.165) is 25.5 Å². The molecule has 9 heteroatoms. The maximum absolute atomic E-state index is 10.9. The summed E-state index contributed by atoms with van der Waals surface area (Å²) in [4.78, 5) is 19.8. The maximum Gasteiger partial charge on any atom is 0.329 e. The van der Waals surface area contributed by atoms with E-state index in [-0.39, 0.29) is 24.1 Å². The summed E-state index contributed by atoms with van der Waals surface area (Å²) in [5, 5.41) is 19.6. The highest BCUT2D eigenvalue weighted by atomic mass is 16.6. The molecule has 0 aliphatic heterocycles. The number of unbranched alkanes of at least 4 members (excludes halogenated alkanes) is 2. The number of hydrogen-bond donors (Lipinski definition) is 3. The molecule has 0 bridgehead atoms. The fourth-order valence-electron chi connectivity index (χ4n) is 1.59. The first-order valence-electron chi connectivity index (χ1n) is 5.90. The Morgan fingerprint density at radius 1 is 1.53 bits per heavy atom. The predicted octanol–water partition coefficient (Wildman–Crippen LogP) is 0.269. The molecule has 4 N–H and O–H groups in total. The first-order chi connectivity index (χ1) is 9.10. The lowest BCUT2D eigenvalue weighted by Gasteiger charge is -2.18. The molecule has 19 heavy (non-hydrogen) atoms. The minimum Gasteiger partial charge on any atom is -0.396 e. The summed E-state index contributed by atoms with van der Waals surface area (Å²) >= 11 is 0. The van der Waals surface area contributed by atoms with Crippen molar-refractivity contribution < 1.29 is 10.0 Å². The monoisotopic (exact) mass is 270 g/mol. The number of rotatable bonds is 8. The zero-order valence-electron chi connectivity index (χ0n) is 10.7. The summed E-state index contributed by atoms with van der Waals surface area (Å²) in [5.41, 5.74) is 2.10. The van der Waals surface area contributed by atoms with Gasteiger partial charge in [-0.3, -0.25) is 15.5 Å². The van der Waals surface area contributed by atoms with Crippen LogP contribution in [0.4, 0.5) is 17.5 Å². The van der Waals surface area contributed by atoms with E-state index in [2.05, 4.69) is 15.4 Å². The molecule has 0 aliphatic carbocycles. The summed E-state index contributed by atoms with van der Waals surface area (Å²) in [5.74, 6) is 5.54. The predicted molar refractivity (Wildman–Crippen MR) is 70.7 cm³/mol. The molecule has 0 fully saturated rings. The number of nitrogens with one attached hydrogen (secondary N) is 1. The van der Waals surface area contributed by atoms with Crippen molar-refractivity contribution in [2.75, 3.05) is 30.5 Å². The molecule has 0 atom stereocenters. The molecule has 0 saturated heterocycles. The first-order valence-corrected chi connectivity index (χ1v) is 5.90. The summed E-state index contributed by atoms with van der Waals surface area (Å²) in [7, 11) is 1.72. The fraction of sp³-hybridized carbons (Fsp3) is 0.600. The standard InChI is InChI=1S/C10H18N6O3/c1-15(5-3-2-4-6-17)9-8(16(18)19)7-12-10(13-9)14-11/h7,17H,2-6,11H2,1H3,(H,12,13,14). The summed E-state index contributed by atoms with van der Waals surface area (Å²) in [6.45, 7) is 0.750. The van der Waals surface area contributed by atoms with E-state index in [1.54, 1.807) is 11.9 Å². The third-order valence-electron chi connectivity index (χ3n) is 2.59. The highest BCUT2D eigenvalue weighted by molar-refractivity contribution is 5.58. The number of hydrogen-bond acceptors (Lipinski definition) is 8. The second-order valence-corrected chi connectivity index (χ2v) is 4.01. The molecule has 1 aromatic heterocycles. The van der Waals surface area contributed by atoms with E-state index in [4.69, 9.17) is 10.9 Å². The number of aromatic nitrogens is 2. The van der Waals surface area contributed by atoms with Crippen LogP contribution in [0.25, 0.3) is 0 Å². The van der Waals surface area contributed by atoms with Gasteiger partial charge in [0, 0.05) is 20.2 Å². The van der Waals surface area contributed by atoms with Gasteiger partial charge in [-0.2, -0.15) is 4.98 Å². The maximum atomic E-state index is 10.9. The first kappa shape index (κ1) is 15.1. The molecule has 9 nitrogen and oxygen atoms in total. The van der Waals surface area contributed by atoms with Crippen molar-refractivity contribution in [2.24, 2.45) is 5.84 Å². The van der Waals surface area contributed by atoms with Crippen LogP contribution in [0.3, 0.4) is 0 Å². The van der Waals surface area contributed by atoms with E-state index in [1.165, 1.54) is 0 Å². The van der Waals surface area contributed by atoms with Crippen molar-refractivity contribution in [1.29, 1.82) is 0 Å². The Hall–Kier alpha value is -2.00. The molecular weight excluding hydrogens is 252 g/mol. The number of aliphatic hydroxyl groups is 1. The molecule has 0 aliphatic rings. The number of nitrogens with two attached hydrogens (primary N) is 1. The molecule has 1 aromatic rings. The van der Waals surface area contributed by atoms with Crippen LogP contribution in [0.1, 0.15) is 19.3 Å². The van der Waals surface area contributed by atoms with Crippen molar-refractivity contribution in [3.05, 3.63) is 16.3 Å². The van der Waals surface area contributed by atoms with Gasteiger partial charge in [-0.1, -0.05) is 0 Å². The lowest BCUT2D eigenvalue weighted by Crippen LogP contribution is -2.22. The van der Waals surface area contributed by atoms with E-state index >= 15 is 0 Å². The number of nitro groups is 1. The third-order valence-corrected chi connectivity index (χ3v) is 2.59. The second-order valence-electron chi connectivity index (χ2n) is 4.01. The average Bonchev–Trinajstić information content (AvgIpc) is 2.42. The molecule has 0 saturated carbocycles. The molecule has 0 spiro atoms. The van der Waals surface area contributed by atoms with E-state index in [0.29, 0.717) is 6.54 Å². The van der Waals surface area contributed by atoms with Crippen LogP contribution in [0, 0.1) is 10.1 Å². The van der Waals surface area contributed by atoms with Gasteiger partial charge in [0.2, 0.25) is 11.8 Å². The van der Waals surface area contributed by atoms with E-state index < -0.39 is 4.92 Å². The van der Waals surface area contributed by atoms with Crippen molar-refractivity contribution in [2.45, 2.75) is 19.3 Å². The second kappa shape index (κ2) is 7.44. The van der Waals surface area contributed by atoms with Crippen LogP contribution in [-0.2, 0) is 0 Å². The molecular formula is C10H18N6O3. The van der Waals surface area contributed by atoms with Crippen LogP contribution >= 0.6 is 0 Å². The van der Waals surface area contributed by atoms with Gasteiger partial charge in [0.15, 0.2) is 0 Å². The number of nitrogens with zero attached hydrogens (tertiary/aromatic N) is 4. The Labute approximate surface area is 110 Å². The Bertz CT molecular complexity index is 428. The summed E-state index contributed by atoms with van der Waals surface area (Å²) in [6.07, 6.45) is 3.50. The van der Waals surface area contributed by atoms with Gasteiger partial charge in [0.05, 0.1) is 4.92 Å². The van der Waals surface area contributed by atoms with Gasteiger partial charge in [0.25, 0.3) is 0 Å². The highest BCUT2D eigenvalue weighted by Gasteiger charge is 2.20. The Balaban J connectivity index is 2.80. The van der Waals surface area contributed by atoms with Gasteiger partial charge in [0.1, 0.15) is 6.20 Å². The summed E-state index contributed by atoms with van der Waals surface area (Å²) in [6, 6.07) is 0. The van der Waals surface area contributed by atoms with Crippen molar-refractivity contribution in [3.8, 4) is 0 Å². The van der Waals surface area contributed by atoms with Crippen molar-refractivity contribution in [3.63, 3.8) is 0 Å². The van der Waals surface area contributed by atoms with Gasteiger partial charge >= 0.3 is 5.69 Å². The molecule has 0 aromatic carbocycles. The molecule has 0 amide bonds. The average molecular weight is 270 g/mol. The van der Waals surface area contributed by atoms with Crippen molar-refractivity contribution in [1.82, 2.24) is 9.97 Å². The van der Waals surface area contributed by atoms with Gasteiger partial charge in [-0.25, -0.2) is 10.8 Å². The van der Waals surface area contributed by atoms with Crippen LogP contribution in [0.5, 0.6) is 0 Å². The number of hydrazine groups is 1. The van der Waals surface area contributed by atoms with Gasteiger partial charge in [-0.15, -0.1) is 0 Å². The van der Waals surface area contributed by atoms with Gasteiger partial charge in [-0.05, 0) is 19.3 Å². The topological polar surface area (TPSA) is 130 Å². The van der Waals surface area contributed by atoms with Crippen LogP contribution in [0.15, 0.2) is 6.20 Å². The number of nitrogen functional groups attached to an aromatic ring is 1. The lowest BCUT2D eigenvalue weighted by atomic mass is 10.2. The van der Waals surface area contributed by atoms with E-state index in [1.807, 2.05) is 0 Å². The van der Waals surface area contributed by atoms with Gasteiger partial charge < -0.3 is 10.0 Å². The number of aliphatic hydroxyl groups excluding tert-OH is 1. The summed E-state index contributed by atoms with van der Waals surface area (Å²) < 4.78 is 0. The smallest absolute Gasteiger partial charge is 0.329 e. The van der Waals surface area contributed by atoms with Crippen LogP contribution < -0.4 is 16.2 Å². The Morgan fingerprint density at radius 3 is 2.84 bits per heavy atom. The largest absolute Gasteiger partial charge is 0.396 e. The molecule has 106 valence electrons. The molecule has 1 heterocycles. The minimum absolute atomic E-state index is 0.128. The normalized spacial score (nSPS) is 10.3. The van der Waals surface area contributed by atoms with Crippen LogP contribution in [-0.4, -0.2) is 40.2 Å². The van der Waals surface area contributed by atoms with E-state index in [9.17, 15) is 10.1 Å². The Kier molecular flexibility index (Phi) is 5.90. The van der Waals surface area contributed by atoms with Crippen molar-refractivity contribution >= 4 is 17.5 Å². The minimum atomic E-state index is -0.528. The molecule has 1 rings (SSSR count). The lowest BCUT2D eigenvalue weighted by molar-refractivity contribution is -0.384. The van der Waals surface area contributed by atoms with Crippen LogP contribution in [0.2, 0.25) is 0 Å². The molecule has 0 radical (unpaired) electrons. The number of anilines is 2. The molecule has 0 unspecified atom stereocenters. The zero-order valence-corrected chi connectivity index (χ0v) is 10.7. The SMILES string of the molecule is CN(CCCCCO)c1nc(NN)ncc1[N+](=O)[O-]. The quantitative estimate of drug-likeness (QED) is 0.265.